The number of hydrogen-bond donors (Lipinski definition) is 1. The van der Waals surface area contributed by atoms with Gasteiger partial charge in [-0.25, -0.2) is 0 Å². The lowest BCUT2D eigenvalue weighted by Gasteiger charge is -2.17. The van der Waals surface area contributed by atoms with E-state index in [0.717, 1.165) is 42.3 Å². The van der Waals surface area contributed by atoms with Crippen LogP contribution in [0.3, 0.4) is 0 Å². The summed E-state index contributed by atoms with van der Waals surface area (Å²) in [6, 6.07) is 6.09. The molecule has 3 heterocycles. The van der Waals surface area contributed by atoms with Gasteiger partial charge in [-0.15, -0.1) is 0 Å². The predicted molar refractivity (Wildman–Crippen MR) is 94.0 cm³/mol. The molecule has 0 saturated carbocycles. The lowest BCUT2D eigenvalue weighted by atomic mass is 10.0. The normalized spacial score (nSPS) is 17.3. The molecule has 1 aliphatic heterocycles. The molecule has 6 heteroatoms. The second-order valence-electron chi connectivity index (χ2n) is 6.44. The van der Waals surface area contributed by atoms with Crippen molar-refractivity contribution in [3.05, 3.63) is 41.5 Å². The molecular weight excluding hydrogens is 302 g/mol. The molecule has 6 nitrogen and oxygen atoms in total. The summed E-state index contributed by atoms with van der Waals surface area (Å²) < 4.78 is 1.88. The van der Waals surface area contributed by atoms with Crippen molar-refractivity contribution < 1.29 is 4.79 Å². The number of aryl methyl sites for hydroxylation is 3. The van der Waals surface area contributed by atoms with Crippen LogP contribution < -0.4 is 5.32 Å². The number of nitrogens with one attached hydrogen (secondary N) is 1. The number of pyridine rings is 1. The first-order valence-corrected chi connectivity index (χ1v) is 8.49. The summed E-state index contributed by atoms with van der Waals surface area (Å²) in [5, 5.41) is 7.41. The Labute approximate surface area is 142 Å². The molecule has 0 aliphatic carbocycles. The van der Waals surface area contributed by atoms with Gasteiger partial charge in [-0.1, -0.05) is 0 Å². The Hall–Kier alpha value is -2.37. The van der Waals surface area contributed by atoms with Crippen LogP contribution >= 0.6 is 0 Å². The molecule has 0 radical (unpaired) electrons. The van der Waals surface area contributed by atoms with E-state index < -0.39 is 0 Å². The van der Waals surface area contributed by atoms with Gasteiger partial charge in [0.25, 0.3) is 0 Å². The first-order valence-electron chi connectivity index (χ1n) is 8.49. The maximum Gasteiger partial charge on any atom is 0.224 e. The SMILES string of the molecule is CNc1cc(C)nc([C@H]2CCN(C(=O)CCn3nccc3C)C2)c1. The number of amides is 1. The zero-order valence-corrected chi connectivity index (χ0v) is 14.6. The number of aromatic nitrogens is 3. The van der Waals surface area contributed by atoms with Crippen LogP contribution in [0.4, 0.5) is 5.69 Å². The van der Waals surface area contributed by atoms with Crippen LogP contribution in [0.5, 0.6) is 0 Å². The molecule has 1 aliphatic rings. The molecule has 0 unspecified atom stereocenters. The van der Waals surface area contributed by atoms with E-state index >= 15 is 0 Å². The number of nitrogens with zero attached hydrogens (tertiary/aromatic N) is 4. The van der Waals surface area contributed by atoms with Gasteiger partial charge in [-0.3, -0.25) is 14.5 Å². The van der Waals surface area contributed by atoms with Gasteiger partial charge >= 0.3 is 0 Å². The van der Waals surface area contributed by atoms with Gasteiger partial charge in [0.2, 0.25) is 5.91 Å². The van der Waals surface area contributed by atoms with Crippen molar-refractivity contribution in [1.82, 2.24) is 19.7 Å². The summed E-state index contributed by atoms with van der Waals surface area (Å²) in [4.78, 5) is 19.1. The van der Waals surface area contributed by atoms with Crippen molar-refractivity contribution in [3.63, 3.8) is 0 Å². The van der Waals surface area contributed by atoms with Crippen molar-refractivity contribution in [2.24, 2.45) is 0 Å². The van der Waals surface area contributed by atoms with E-state index in [1.807, 2.05) is 42.6 Å². The van der Waals surface area contributed by atoms with Crippen molar-refractivity contribution in [3.8, 4) is 0 Å². The molecule has 1 amide bonds. The van der Waals surface area contributed by atoms with Crippen LogP contribution in [0, 0.1) is 13.8 Å². The van der Waals surface area contributed by atoms with Crippen LogP contribution in [-0.2, 0) is 11.3 Å². The fourth-order valence-corrected chi connectivity index (χ4v) is 3.27. The van der Waals surface area contributed by atoms with E-state index in [1.165, 1.54) is 0 Å². The predicted octanol–water partition coefficient (Wildman–Crippen LogP) is 2.34. The molecule has 1 N–H and O–H groups in total. The molecule has 0 aromatic carbocycles. The van der Waals surface area contributed by atoms with Gasteiger partial charge < -0.3 is 10.2 Å². The Morgan fingerprint density at radius 2 is 2.21 bits per heavy atom. The molecule has 3 rings (SSSR count). The highest BCUT2D eigenvalue weighted by Gasteiger charge is 2.28. The van der Waals surface area contributed by atoms with Crippen LogP contribution in [0.15, 0.2) is 24.4 Å². The molecule has 1 saturated heterocycles. The molecule has 2 aromatic rings. The zero-order valence-electron chi connectivity index (χ0n) is 14.6. The number of hydrogen-bond acceptors (Lipinski definition) is 4. The maximum absolute atomic E-state index is 12.5. The van der Waals surface area contributed by atoms with E-state index in [4.69, 9.17) is 0 Å². The molecule has 0 spiro atoms. The van der Waals surface area contributed by atoms with Gasteiger partial charge in [0, 0.05) is 68.0 Å². The van der Waals surface area contributed by atoms with E-state index in [9.17, 15) is 4.79 Å². The third-order valence-electron chi connectivity index (χ3n) is 4.69. The summed E-state index contributed by atoms with van der Waals surface area (Å²) in [7, 11) is 1.92. The molecule has 0 bridgehead atoms. The Kier molecular flexibility index (Phi) is 4.83. The number of likely N-dealkylation sites (tertiary alicyclic amines) is 1. The van der Waals surface area contributed by atoms with Gasteiger partial charge in [-0.05, 0) is 38.5 Å². The first-order chi connectivity index (χ1) is 11.6. The highest BCUT2D eigenvalue weighted by Crippen LogP contribution is 2.28. The summed E-state index contributed by atoms with van der Waals surface area (Å²) >= 11 is 0. The van der Waals surface area contributed by atoms with Crippen LogP contribution in [0.25, 0.3) is 0 Å². The Balaban J connectivity index is 1.59. The Morgan fingerprint density at radius 1 is 1.38 bits per heavy atom. The van der Waals surface area contributed by atoms with Crippen LogP contribution in [-0.4, -0.2) is 45.7 Å². The van der Waals surface area contributed by atoms with E-state index in [0.29, 0.717) is 18.9 Å². The van der Waals surface area contributed by atoms with Gasteiger partial charge in [-0.2, -0.15) is 5.10 Å². The lowest BCUT2D eigenvalue weighted by Crippen LogP contribution is -2.29. The topological polar surface area (TPSA) is 63.1 Å². The molecule has 2 aromatic heterocycles. The number of anilines is 1. The summed E-state index contributed by atoms with van der Waals surface area (Å²) in [5.74, 6) is 0.529. The van der Waals surface area contributed by atoms with Crippen molar-refractivity contribution in [1.29, 1.82) is 0 Å². The minimum Gasteiger partial charge on any atom is -0.388 e. The second kappa shape index (κ2) is 7.03. The smallest absolute Gasteiger partial charge is 0.224 e. The quantitative estimate of drug-likeness (QED) is 0.915. The largest absolute Gasteiger partial charge is 0.388 e. The number of carbonyl (C=O) groups is 1. The molecule has 1 atom stereocenters. The molecule has 1 fully saturated rings. The van der Waals surface area contributed by atoms with Crippen molar-refractivity contribution in [2.75, 3.05) is 25.5 Å². The molecular formula is C18H25N5O. The fourth-order valence-electron chi connectivity index (χ4n) is 3.27. The Bertz CT molecular complexity index is 724. The summed E-state index contributed by atoms with van der Waals surface area (Å²) in [6.45, 7) is 6.23. The van der Waals surface area contributed by atoms with Gasteiger partial charge in [0.05, 0.1) is 0 Å². The zero-order chi connectivity index (χ0) is 17.1. The van der Waals surface area contributed by atoms with E-state index in [-0.39, 0.29) is 5.91 Å². The minimum atomic E-state index is 0.203. The standard InChI is InChI=1S/C18H25N5O/c1-13-10-16(19-3)11-17(21-13)15-5-8-22(12-15)18(24)6-9-23-14(2)4-7-20-23/h4,7,10-11,15H,5-6,8-9,12H2,1-3H3,(H,19,21)/t15-/m0/s1. The maximum atomic E-state index is 12.5. The lowest BCUT2D eigenvalue weighted by molar-refractivity contribution is -0.130. The van der Waals surface area contributed by atoms with Gasteiger partial charge in [0.1, 0.15) is 0 Å². The Morgan fingerprint density at radius 3 is 2.92 bits per heavy atom. The first kappa shape index (κ1) is 16.5. The summed E-state index contributed by atoms with van der Waals surface area (Å²) in [5.41, 5.74) is 4.26. The summed E-state index contributed by atoms with van der Waals surface area (Å²) in [6.07, 6.45) is 3.25. The monoisotopic (exact) mass is 327 g/mol. The van der Waals surface area contributed by atoms with E-state index in [1.54, 1.807) is 6.20 Å². The number of carbonyl (C=O) groups excluding carboxylic acids is 1. The van der Waals surface area contributed by atoms with Crippen molar-refractivity contribution >= 4 is 11.6 Å². The van der Waals surface area contributed by atoms with Crippen molar-refractivity contribution in [2.45, 2.75) is 39.2 Å². The minimum absolute atomic E-state index is 0.203. The average molecular weight is 327 g/mol. The van der Waals surface area contributed by atoms with E-state index in [2.05, 4.69) is 21.5 Å². The second-order valence-corrected chi connectivity index (χ2v) is 6.44. The number of rotatable bonds is 5. The van der Waals surface area contributed by atoms with Crippen LogP contribution in [0.2, 0.25) is 0 Å². The van der Waals surface area contributed by atoms with Gasteiger partial charge in [0.15, 0.2) is 0 Å². The van der Waals surface area contributed by atoms with Crippen LogP contribution in [0.1, 0.15) is 35.8 Å². The molecule has 128 valence electrons. The highest BCUT2D eigenvalue weighted by molar-refractivity contribution is 5.76. The molecule has 24 heavy (non-hydrogen) atoms. The third kappa shape index (κ3) is 3.58. The highest BCUT2D eigenvalue weighted by atomic mass is 16.2. The fraction of sp³-hybridized carbons (Fsp3) is 0.500. The third-order valence-corrected chi connectivity index (χ3v) is 4.69. The average Bonchev–Trinajstić information content (AvgIpc) is 3.21.